The quantitative estimate of drug-likeness (QED) is 0.858. The Morgan fingerprint density at radius 1 is 1.12 bits per heavy atom. The topological polar surface area (TPSA) is 75.9 Å². The number of amides is 2. The van der Waals surface area contributed by atoms with Gasteiger partial charge < -0.3 is 20.3 Å². The lowest BCUT2D eigenvalue weighted by Gasteiger charge is -2.33. The van der Waals surface area contributed by atoms with E-state index in [1.165, 1.54) is 5.56 Å². The molecule has 6 nitrogen and oxygen atoms in total. The molecule has 2 aliphatic heterocycles. The van der Waals surface area contributed by atoms with Crippen molar-refractivity contribution in [3.63, 3.8) is 0 Å². The Hall–Kier alpha value is -1.92. The van der Waals surface area contributed by atoms with E-state index in [2.05, 4.69) is 12.1 Å². The Morgan fingerprint density at radius 2 is 1.81 bits per heavy atom. The first-order valence-electron chi connectivity index (χ1n) is 9.55. The van der Waals surface area contributed by atoms with Gasteiger partial charge in [-0.3, -0.25) is 9.59 Å². The summed E-state index contributed by atoms with van der Waals surface area (Å²) in [5.74, 6) is 0.404. The molecule has 0 saturated carbocycles. The molecule has 2 atom stereocenters. The van der Waals surface area contributed by atoms with Gasteiger partial charge in [-0.05, 0) is 25.3 Å². The molecule has 26 heavy (non-hydrogen) atoms. The zero-order chi connectivity index (χ0) is 18.5. The van der Waals surface area contributed by atoms with Gasteiger partial charge in [-0.15, -0.1) is 0 Å². The predicted octanol–water partition coefficient (Wildman–Crippen LogP) is 1.21. The van der Waals surface area contributed by atoms with E-state index in [0.29, 0.717) is 32.8 Å². The summed E-state index contributed by atoms with van der Waals surface area (Å²) >= 11 is 0. The van der Waals surface area contributed by atoms with Crippen molar-refractivity contribution in [3.8, 4) is 0 Å². The van der Waals surface area contributed by atoms with Crippen molar-refractivity contribution in [2.75, 3.05) is 39.4 Å². The number of benzene rings is 1. The third-order valence-corrected chi connectivity index (χ3v) is 5.53. The molecular formula is C20H29N3O3. The maximum Gasteiger partial charge on any atom is 0.248 e. The summed E-state index contributed by atoms with van der Waals surface area (Å²) in [6.45, 7) is 5.11. The first kappa shape index (κ1) is 18.9. The lowest BCUT2D eigenvalue weighted by atomic mass is 9.94. The average Bonchev–Trinajstić information content (AvgIpc) is 3.08. The first-order chi connectivity index (χ1) is 12.6. The van der Waals surface area contributed by atoms with E-state index >= 15 is 0 Å². The van der Waals surface area contributed by atoms with Crippen molar-refractivity contribution in [1.82, 2.24) is 9.80 Å². The zero-order valence-corrected chi connectivity index (χ0v) is 15.5. The fourth-order valence-corrected chi connectivity index (χ4v) is 3.98. The molecule has 2 amide bonds. The van der Waals surface area contributed by atoms with E-state index in [4.69, 9.17) is 10.5 Å². The van der Waals surface area contributed by atoms with Crippen molar-refractivity contribution >= 4 is 11.8 Å². The molecule has 2 fully saturated rings. The Balaban J connectivity index is 1.52. The van der Waals surface area contributed by atoms with Crippen molar-refractivity contribution in [3.05, 3.63) is 35.9 Å². The summed E-state index contributed by atoms with van der Waals surface area (Å²) in [6, 6.07) is 10.2. The van der Waals surface area contributed by atoms with Crippen LogP contribution in [0, 0.1) is 5.92 Å². The van der Waals surface area contributed by atoms with E-state index in [-0.39, 0.29) is 36.3 Å². The highest BCUT2D eigenvalue weighted by molar-refractivity contribution is 5.81. The van der Waals surface area contributed by atoms with Gasteiger partial charge in [0.2, 0.25) is 11.8 Å². The molecule has 3 rings (SSSR count). The molecular weight excluding hydrogens is 330 g/mol. The number of rotatable bonds is 5. The van der Waals surface area contributed by atoms with Crippen molar-refractivity contribution in [2.45, 2.75) is 31.7 Å². The lowest BCUT2D eigenvalue weighted by Crippen LogP contribution is -2.45. The highest BCUT2D eigenvalue weighted by Crippen LogP contribution is 2.29. The second-order valence-electron chi connectivity index (χ2n) is 7.22. The van der Waals surface area contributed by atoms with Crippen molar-refractivity contribution in [1.29, 1.82) is 0 Å². The highest BCUT2D eigenvalue weighted by atomic mass is 16.5. The summed E-state index contributed by atoms with van der Waals surface area (Å²) in [6.07, 6.45) is 1.44. The van der Waals surface area contributed by atoms with Gasteiger partial charge in [-0.2, -0.15) is 0 Å². The van der Waals surface area contributed by atoms with Crippen LogP contribution in [0.3, 0.4) is 0 Å². The van der Waals surface area contributed by atoms with Crippen LogP contribution >= 0.6 is 0 Å². The molecule has 0 aliphatic carbocycles. The highest BCUT2D eigenvalue weighted by Gasteiger charge is 2.37. The molecule has 2 saturated heterocycles. The van der Waals surface area contributed by atoms with Gasteiger partial charge in [0, 0.05) is 50.7 Å². The molecule has 2 N–H and O–H groups in total. The van der Waals surface area contributed by atoms with Gasteiger partial charge in [0.15, 0.2) is 0 Å². The van der Waals surface area contributed by atoms with Crippen LogP contribution < -0.4 is 5.73 Å². The van der Waals surface area contributed by atoms with Gasteiger partial charge in [-0.25, -0.2) is 0 Å². The number of ether oxygens (including phenoxy) is 1. The van der Waals surface area contributed by atoms with Gasteiger partial charge >= 0.3 is 0 Å². The molecule has 142 valence electrons. The van der Waals surface area contributed by atoms with Crippen molar-refractivity contribution < 1.29 is 14.3 Å². The van der Waals surface area contributed by atoms with Crippen LogP contribution in [0.5, 0.6) is 0 Å². The van der Waals surface area contributed by atoms with Crippen LogP contribution in [0.15, 0.2) is 30.3 Å². The van der Waals surface area contributed by atoms with E-state index < -0.39 is 0 Å². The number of carbonyl (C=O) groups excluding carboxylic acids is 2. The number of piperidine rings is 1. The molecule has 1 aromatic rings. The van der Waals surface area contributed by atoms with Crippen molar-refractivity contribution in [2.24, 2.45) is 11.7 Å². The molecule has 2 heterocycles. The second-order valence-corrected chi connectivity index (χ2v) is 7.22. The molecule has 0 radical (unpaired) electrons. The monoisotopic (exact) mass is 359 g/mol. The molecule has 1 aromatic carbocycles. The predicted molar refractivity (Wildman–Crippen MR) is 99.5 cm³/mol. The van der Waals surface area contributed by atoms with Crippen LogP contribution in [-0.2, 0) is 14.3 Å². The minimum Gasteiger partial charge on any atom is -0.372 e. The van der Waals surface area contributed by atoms with Gasteiger partial charge in [0.05, 0.1) is 0 Å². The number of hydrogen-bond acceptors (Lipinski definition) is 4. The van der Waals surface area contributed by atoms with Crippen LogP contribution in [0.1, 0.15) is 31.2 Å². The number of nitrogens with two attached hydrogens (primary N) is 1. The Morgan fingerprint density at radius 3 is 2.46 bits per heavy atom. The van der Waals surface area contributed by atoms with Gasteiger partial charge in [0.25, 0.3) is 0 Å². The van der Waals surface area contributed by atoms with Crippen LogP contribution in [0.25, 0.3) is 0 Å². The van der Waals surface area contributed by atoms with Gasteiger partial charge in [-0.1, -0.05) is 30.3 Å². The minimum atomic E-state index is -0.0193. The first-order valence-corrected chi connectivity index (χ1v) is 9.55. The molecule has 0 aromatic heterocycles. The Bertz CT molecular complexity index is 614. The summed E-state index contributed by atoms with van der Waals surface area (Å²) < 4.78 is 5.19. The Kier molecular flexibility index (Phi) is 6.27. The van der Waals surface area contributed by atoms with E-state index in [1.807, 2.05) is 34.9 Å². The smallest absolute Gasteiger partial charge is 0.248 e. The summed E-state index contributed by atoms with van der Waals surface area (Å²) in [7, 11) is 0. The van der Waals surface area contributed by atoms with E-state index in [9.17, 15) is 9.59 Å². The summed E-state index contributed by atoms with van der Waals surface area (Å²) in [4.78, 5) is 28.7. The Labute approximate surface area is 155 Å². The lowest BCUT2D eigenvalue weighted by molar-refractivity contribution is -0.142. The maximum atomic E-state index is 12.9. The standard InChI is InChI=1S/C20H29N3O3/c1-2-26-14-19(24)22-10-8-16(9-11-22)20(25)23-12-17(18(21)13-23)15-6-4-3-5-7-15/h3-7,16-18H,2,8-14,21H2,1H3/t17-,18+/m0/s1. The maximum absolute atomic E-state index is 12.9. The average molecular weight is 359 g/mol. The van der Waals surface area contributed by atoms with E-state index in [1.54, 1.807) is 0 Å². The molecule has 2 aliphatic rings. The normalized spacial score (nSPS) is 24.1. The van der Waals surface area contributed by atoms with Crippen LogP contribution in [-0.4, -0.2) is 67.0 Å². The minimum absolute atomic E-state index is 0.00660. The summed E-state index contributed by atoms with van der Waals surface area (Å²) in [5.41, 5.74) is 7.52. The molecule has 0 spiro atoms. The largest absolute Gasteiger partial charge is 0.372 e. The molecule has 0 bridgehead atoms. The number of carbonyl (C=O) groups is 2. The SMILES string of the molecule is CCOCC(=O)N1CCC(C(=O)N2C[C@@H](N)[C@H](c3ccccc3)C2)CC1. The van der Waals surface area contributed by atoms with Crippen LogP contribution in [0.4, 0.5) is 0 Å². The summed E-state index contributed by atoms with van der Waals surface area (Å²) in [5, 5.41) is 0. The second kappa shape index (κ2) is 8.64. The van der Waals surface area contributed by atoms with E-state index in [0.717, 1.165) is 12.8 Å². The number of likely N-dealkylation sites (tertiary alicyclic amines) is 2. The number of hydrogen-bond donors (Lipinski definition) is 1. The zero-order valence-electron chi connectivity index (χ0n) is 15.5. The fraction of sp³-hybridized carbons (Fsp3) is 0.600. The molecule has 0 unspecified atom stereocenters. The third kappa shape index (κ3) is 4.24. The number of nitrogens with zero attached hydrogens (tertiary/aromatic N) is 2. The third-order valence-electron chi connectivity index (χ3n) is 5.53. The fourth-order valence-electron chi connectivity index (χ4n) is 3.98. The van der Waals surface area contributed by atoms with Gasteiger partial charge in [0.1, 0.15) is 6.61 Å². The molecule has 6 heteroatoms. The van der Waals surface area contributed by atoms with Crippen LogP contribution in [0.2, 0.25) is 0 Å².